The number of hydrogen-bond donors (Lipinski definition) is 1. The monoisotopic (exact) mass is 618 g/mol. The van der Waals surface area contributed by atoms with E-state index in [2.05, 4.69) is 35.1 Å². The molecular formula is C31H28BrFN4O2S. The standard InChI is InChI=1S/C31H28BrFN4O2S/c1-31(2)15-25-27(26(38)16-31)28(20-9-13-23(14-10-20)39-17-19-7-11-22(32)12-8-19)37-29(34-25)35-30(36-37)40-18-21-5-3-4-6-24(21)33/h3-14,28H,15-18H2,1-2H3,(H,34,35,36). The van der Waals surface area contributed by atoms with Crippen molar-refractivity contribution in [2.45, 2.75) is 50.2 Å². The van der Waals surface area contributed by atoms with Crippen molar-refractivity contribution in [1.29, 1.82) is 0 Å². The molecule has 6 rings (SSSR count). The van der Waals surface area contributed by atoms with Crippen molar-refractivity contribution in [3.8, 4) is 5.75 Å². The lowest BCUT2D eigenvalue weighted by Crippen LogP contribution is -2.36. The van der Waals surface area contributed by atoms with E-state index < -0.39 is 6.04 Å². The molecule has 0 saturated carbocycles. The topological polar surface area (TPSA) is 69.0 Å². The molecule has 1 aliphatic carbocycles. The Kier molecular flexibility index (Phi) is 7.27. The minimum absolute atomic E-state index is 0.112. The van der Waals surface area contributed by atoms with Gasteiger partial charge < -0.3 is 10.1 Å². The molecule has 0 saturated heterocycles. The average Bonchev–Trinajstić information content (AvgIpc) is 3.33. The normalized spacial score (nSPS) is 17.7. The number of carbonyl (C=O) groups is 1. The molecule has 9 heteroatoms. The van der Waals surface area contributed by atoms with Gasteiger partial charge in [-0.3, -0.25) is 4.79 Å². The summed E-state index contributed by atoms with van der Waals surface area (Å²) >= 11 is 4.83. The fourth-order valence-corrected chi connectivity index (χ4v) is 6.29. The Hall–Kier alpha value is -3.43. The first kappa shape index (κ1) is 26.8. The summed E-state index contributed by atoms with van der Waals surface area (Å²) in [5, 5.41) is 8.71. The molecule has 2 aliphatic rings. The minimum Gasteiger partial charge on any atom is -0.489 e. The summed E-state index contributed by atoms with van der Waals surface area (Å²) < 4.78 is 23.0. The Morgan fingerprint density at radius 1 is 1.07 bits per heavy atom. The second kappa shape index (κ2) is 10.9. The van der Waals surface area contributed by atoms with Crippen LogP contribution in [0.2, 0.25) is 0 Å². The van der Waals surface area contributed by atoms with Crippen molar-refractivity contribution >= 4 is 39.4 Å². The number of hydrogen-bond acceptors (Lipinski definition) is 6. The predicted octanol–water partition coefficient (Wildman–Crippen LogP) is 7.71. The molecule has 0 bridgehead atoms. The van der Waals surface area contributed by atoms with Crippen LogP contribution in [-0.4, -0.2) is 20.5 Å². The zero-order valence-electron chi connectivity index (χ0n) is 22.2. The van der Waals surface area contributed by atoms with Crippen LogP contribution in [0.4, 0.5) is 10.3 Å². The maximum absolute atomic E-state index is 14.2. The third-order valence-corrected chi connectivity index (χ3v) is 8.56. The van der Waals surface area contributed by atoms with Gasteiger partial charge in [-0.1, -0.05) is 84.0 Å². The molecule has 1 unspecified atom stereocenters. The number of nitrogens with zero attached hydrogens (tertiary/aromatic N) is 3. The van der Waals surface area contributed by atoms with E-state index in [1.807, 2.05) is 54.6 Å². The summed E-state index contributed by atoms with van der Waals surface area (Å²) in [4.78, 5) is 18.2. The van der Waals surface area contributed by atoms with Gasteiger partial charge in [-0.25, -0.2) is 9.07 Å². The first-order valence-electron chi connectivity index (χ1n) is 13.1. The van der Waals surface area contributed by atoms with Crippen LogP contribution in [0.1, 0.15) is 49.4 Å². The van der Waals surface area contributed by atoms with Gasteiger partial charge in [0.05, 0.1) is 0 Å². The van der Waals surface area contributed by atoms with Crippen molar-refractivity contribution in [3.63, 3.8) is 0 Å². The lowest BCUT2D eigenvalue weighted by molar-refractivity contribution is -0.118. The fraction of sp³-hybridized carbons (Fsp3) is 0.258. The van der Waals surface area contributed by atoms with Crippen LogP contribution >= 0.6 is 27.7 Å². The number of nitrogens with one attached hydrogen (secondary N) is 1. The SMILES string of the molecule is CC1(C)CC(=O)C2=C(C1)Nc1nc(SCc3ccccc3F)nn1C2c1ccc(OCc2ccc(Br)cc2)cc1. The maximum atomic E-state index is 14.2. The summed E-state index contributed by atoms with van der Waals surface area (Å²) in [5.74, 6) is 1.60. The van der Waals surface area contributed by atoms with Gasteiger partial charge in [0.25, 0.3) is 0 Å². The van der Waals surface area contributed by atoms with E-state index in [1.54, 1.807) is 16.8 Å². The predicted molar refractivity (Wildman–Crippen MR) is 158 cm³/mol. The van der Waals surface area contributed by atoms with Crippen LogP contribution in [0.25, 0.3) is 0 Å². The number of benzene rings is 3. The highest BCUT2D eigenvalue weighted by atomic mass is 79.9. The highest BCUT2D eigenvalue weighted by molar-refractivity contribution is 9.10. The highest BCUT2D eigenvalue weighted by Gasteiger charge is 2.41. The van der Waals surface area contributed by atoms with Gasteiger partial charge in [0, 0.05) is 27.9 Å². The van der Waals surface area contributed by atoms with E-state index in [0.717, 1.165) is 39.0 Å². The molecular weight excluding hydrogens is 591 g/mol. The van der Waals surface area contributed by atoms with E-state index in [0.29, 0.717) is 35.4 Å². The zero-order valence-corrected chi connectivity index (χ0v) is 24.6. The second-order valence-corrected chi connectivity index (χ2v) is 12.7. The molecule has 204 valence electrons. The first-order valence-corrected chi connectivity index (χ1v) is 14.9. The quantitative estimate of drug-likeness (QED) is 0.214. The molecule has 0 amide bonds. The smallest absolute Gasteiger partial charge is 0.227 e. The number of rotatable bonds is 7. The number of carbonyl (C=O) groups excluding carboxylic acids is 1. The summed E-state index contributed by atoms with van der Waals surface area (Å²) in [5.41, 5.74) is 4.07. The Morgan fingerprint density at radius 2 is 1.82 bits per heavy atom. The van der Waals surface area contributed by atoms with Gasteiger partial charge in [0.15, 0.2) is 5.78 Å². The molecule has 0 fully saturated rings. The number of fused-ring (bicyclic) bond motifs is 1. The molecule has 1 aliphatic heterocycles. The third-order valence-electron chi connectivity index (χ3n) is 7.14. The molecule has 4 aromatic rings. The van der Waals surface area contributed by atoms with Crippen molar-refractivity contribution in [2.75, 3.05) is 5.32 Å². The number of halogens is 2. The molecule has 40 heavy (non-hydrogen) atoms. The van der Waals surface area contributed by atoms with Gasteiger partial charge in [-0.2, -0.15) is 4.98 Å². The van der Waals surface area contributed by atoms with Crippen LogP contribution in [0.5, 0.6) is 5.75 Å². The number of ketones is 1. The molecule has 1 aromatic heterocycles. The van der Waals surface area contributed by atoms with Gasteiger partial charge in [0.2, 0.25) is 11.1 Å². The maximum Gasteiger partial charge on any atom is 0.227 e. The lowest BCUT2D eigenvalue weighted by Gasteiger charge is -2.38. The van der Waals surface area contributed by atoms with Gasteiger partial charge >= 0.3 is 0 Å². The molecule has 2 heterocycles. The number of anilines is 1. The Balaban J connectivity index is 1.29. The lowest BCUT2D eigenvalue weighted by atomic mass is 9.73. The summed E-state index contributed by atoms with van der Waals surface area (Å²) in [7, 11) is 0. The van der Waals surface area contributed by atoms with E-state index in [9.17, 15) is 9.18 Å². The Morgan fingerprint density at radius 3 is 2.58 bits per heavy atom. The second-order valence-electron chi connectivity index (χ2n) is 10.9. The van der Waals surface area contributed by atoms with E-state index in [1.165, 1.54) is 17.8 Å². The molecule has 0 radical (unpaired) electrons. The van der Waals surface area contributed by atoms with Crippen molar-refractivity contribution in [2.24, 2.45) is 5.41 Å². The average molecular weight is 620 g/mol. The third kappa shape index (κ3) is 5.58. The highest BCUT2D eigenvalue weighted by Crippen LogP contribution is 2.46. The van der Waals surface area contributed by atoms with Gasteiger partial charge in [0.1, 0.15) is 24.2 Å². The molecule has 0 spiro atoms. The van der Waals surface area contributed by atoms with Crippen molar-refractivity contribution in [3.05, 3.63) is 111 Å². The molecule has 1 N–H and O–H groups in total. The Labute approximate surface area is 245 Å². The van der Waals surface area contributed by atoms with Crippen molar-refractivity contribution in [1.82, 2.24) is 14.8 Å². The minimum atomic E-state index is -0.411. The largest absolute Gasteiger partial charge is 0.489 e. The van der Waals surface area contributed by atoms with Crippen LogP contribution in [0, 0.1) is 11.2 Å². The van der Waals surface area contributed by atoms with Gasteiger partial charge in [-0.05, 0) is 58.9 Å². The molecule has 6 nitrogen and oxygen atoms in total. The summed E-state index contributed by atoms with van der Waals surface area (Å²) in [6, 6.07) is 22.2. The van der Waals surface area contributed by atoms with Crippen molar-refractivity contribution < 1.29 is 13.9 Å². The summed E-state index contributed by atoms with van der Waals surface area (Å²) in [6.45, 7) is 4.68. The van der Waals surface area contributed by atoms with Crippen LogP contribution in [-0.2, 0) is 17.2 Å². The van der Waals surface area contributed by atoms with E-state index >= 15 is 0 Å². The molecule has 1 atom stereocenters. The fourth-order valence-electron chi connectivity index (χ4n) is 5.21. The van der Waals surface area contributed by atoms with Crippen LogP contribution in [0.15, 0.2) is 93.7 Å². The number of ether oxygens (including phenoxy) is 1. The first-order chi connectivity index (χ1) is 19.3. The molecule has 3 aromatic carbocycles. The number of Topliss-reactive ketones (excluding diaryl/α,β-unsaturated/α-hetero) is 1. The number of allylic oxidation sites excluding steroid dienone is 2. The zero-order chi connectivity index (χ0) is 27.9. The van der Waals surface area contributed by atoms with Gasteiger partial charge in [-0.15, -0.1) is 5.10 Å². The van der Waals surface area contributed by atoms with Crippen LogP contribution in [0.3, 0.4) is 0 Å². The summed E-state index contributed by atoms with van der Waals surface area (Å²) in [6.07, 6.45) is 1.21. The van der Waals surface area contributed by atoms with E-state index in [-0.39, 0.29) is 17.0 Å². The van der Waals surface area contributed by atoms with E-state index in [4.69, 9.17) is 14.8 Å². The number of aromatic nitrogens is 3. The van der Waals surface area contributed by atoms with Crippen LogP contribution < -0.4 is 10.1 Å². The Bertz CT molecular complexity index is 1600. The number of thioether (sulfide) groups is 1.